The summed E-state index contributed by atoms with van der Waals surface area (Å²) in [6.07, 6.45) is 6.08. The van der Waals surface area contributed by atoms with Gasteiger partial charge in [0.25, 0.3) is 0 Å². The molecule has 11 rings (SSSR count). The summed E-state index contributed by atoms with van der Waals surface area (Å²) in [5, 5.41) is 1.13. The quantitative estimate of drug-likeness (QED) is 0.162. The Balaban J connectivity index is 1.18. The average Bonchev–Trinajstić information content (AvgIpc) is 3.91. The molecule has 1 spiro atoms. The third-order valence-corrected chi connectivity index (χ3v) is 12.2. The fourth-order valence-electron chi connectivity index (χ4n) is 9.85. The Morgan fingerprint density at radius 3 is 1.55 bits per heavy atom. The first-order chi connectivity index (χ1) is 28.7. The Kier molecular flexibility index (Phi) is 7.80. The number of furan rings is 1. The second-order valence-corrected chi connectivity index (χ2v) is 15.1. The topological polar surface area (TPSA) is 16.4 Å². The minimum absolute atomic E-state index is 0.541. The summed E-state index contributed by atoms with van der Waals surface area (Å²) in [6, 6.07) is 68.7. The van der Waals surface area contributed by atoms with Crippen LogP contribution in [-0.4, -0.2) is 0 Å². The van der Waals surface area contributed by atoms with Crippen molar-refractivity contribution in [3.63, 3.8) is 0 Å². The van der Waals surface area contributed by atoms with E-state index in [2.05, 4.69) is 219 Å². The summed E-state index contributed by atoms with van der Waals surface area (Å²) < 4.78 is 6.48. The number of fused-ring (bicyclic) bond motifs is 12. The van der Waals surface area contributed by atoms with Crippen LogP contribution in [0.1, 0.15) is 40.5 Å². The molecule has 0 N–H and O–H groups in total. The fourth-order valence-corrected chi connectivity index (χ4v) is 9.85. The zero-order valence-corrected chi connectivity index (χ0v) is 32.2. The van der Waals surface area contributed by atoms with Crippen molar-refractivity contribution >= 4 is 40.2 Å². The lowest BCUT2D eigenvalue weighted by atomic mass is 9.70. The van der Waals surface area contributed by atoms with Gasteiger partial charge in [-0.05, 0) is 111 Å². The molecular formula is C56H39NO. The molecule has 2 heteroatoms. The van der Waals surface area contributed by atoms with Crippen LogP contribution in [0.25, 0.3) is 67.6 Å². The maximum absolute atomic E-state index is 6.48. The summed E-state index contributed by atoms with van der Waals surface area (Å²) in [4.78, 5) is 2.44. The van der Waals surface area contributed by atoms with Crippen LogP contribution in [0.5, 0.6) is 0 Å². The van der Waals surface area contributed by atoms with Crippen molar-refractivity contribution in [3.8, 4) is 44.5 Å². The normalized spacial score (nSPS) is 14.7. The smallest absolute Gasteiger partial charge is 0.136 e. The van der Waals surface area contributed by atoms with E-state index in [-0.39, 0.29) is 0 Å². The van der Waals surface area contributed by atoms with Gasteiger partial charge in [0, 0.05) is 27.9 Å². The van der Waals surface area contributed by atoms with Gasteiger partial charge >= 0.3 is 0 Å². The molecule has 1 heterocycles. The van der Waals surface area contributed by atoms with Crippen LogP contribution in [0.2, 0.25) is 0 Å². The van der Waals surface area contributed by atoms with E-state index in [4.69, 9.17) is 4.42 Å². The molecule has 0 bridgehead atoms. The molecule has 58 heavy (non-hydrogen) atoms. The molecule has 0 fully saturated rings. The number of benzene rings is 8. The van der Waals surface area contributed by atoms with E-state index in [0.717, 1.165) is 39.4 Å². The third-order valence-electron chi connectivity index (χ3n) is 12.2. The maximum Gasteiger partial charge on any atom is 0.136 e. The molecule has 1 aromatic heterocycles. The lowest BCUT2D eigenvalue weighted by Crippen LogP contribution is -2.26. The first-order valence-electron chi connectivity index (χ1n) is 20.0. The molecule has 274 valence electrons. The predicted octanol–water partition coefficient (Wildman–Crippen LogP) is 15.3. The number of anilines is 3. The van der Waals surface area contributed by atoms with Crippen molar-refractivity contribution in [3.05, 3.63) is 234 Å². The van der Waals surface area contributed by atoms with Crippen LogP contribution >= 0.6 is 0 Å². The highest BCUT2D eigenvalue weighted by molar-refractivity contribution is 6.10. The number of nitrogens with zero attached hydrogens (tertiary/aromatic N) is 1. The van der Waals surface area contributed by atoms with Gasteiger partial charge in [0.2, 0.25) is 0 Å². The predicted molar refractivity (Wildman–Crippen MR) is 243 cm³/mol. The second kappa shape index (κ2) is 13.4. The molecule has 1 atom stereocenters. The van der Waals surface area contributed by atoms with E-state index in [1.165, 1.54) is 66.8 Å². The molecule has 0 saturated heterocycles. The highest BCUT2D eigenvalue weighted by Gasteiger charge is 2.53. The number of allylic oxidation sites excluding steroid dienone is 1. The van der Waals surface area contributed by atoms with Crippen molar-refractivity contribution in [2.45, 2.75) is 12.3 Å². The van der Waals surface area contributed by atoms with E-state index >= 15 is 0 Å². The van der Waals surface area contributed by atoms with Crippen LogP contribution in [0.4, 0.5) is 17.1 Å². The van der Waals surface area contributed by atoms with Crippen LogP contribution in [0, 0.1) is 0 Å². The van der Waals surface area contributed by atoms with Crippen molar-refractivity contribution in [1.29, 1.82) is 0 Å². The van der Waals surface area contributed by atoms with Crippen molar-refractivity contribution in [2.24, 2.45) is 0 Å². The van der Waals surface area contributed by atoms with Gasteiger partial charge in [0.1, 0.15) is 11.3 Å². The highest BCUT2D eigenvalue weighted by atomic mass is 16.3. The van der Waals surface area contributed by atoms with Gasteiger partial charge in [-0.2, -0.15) is 0 Å². The Bertz CT molecular complexity index is 2980. The lowest BCUT2D eigenvalue weighted by molar-refractivity contribution is 0.603. The van der Waals surface area contributed by atoms with Crippen molar-refractivity contribution in [1.82, 2.24) is 0 Å². The Morgan fingerprint density at radius 2 is 0.983 bits per heavy atom. The summed E-state index contributed by atoms with van der Waals surface area (Å²) in [6.45, 7) is 6.18. The molecule has 2 aliphatic rings. The monoisotopic (exact) mass is 741 g/mol. The SMILES string of the molecule is C=Cc1oc2ccc3c(c2c1/C=C\C)-c1ccccc1C31c2ccccc2-c2c(N(c3ccc(-c4ccccc4)cc3)c3ccc(-c4ccccc4)cc3)cccc21. The third kappa shape index (κ3) is 4.85. The summed E-state index contributed by atoms with van der Waals surface area (Å²) in [5.74, 6) is 0.793. The van der Waals surface area contributed by atoms with Crippen LogP contribution in [0.15, 0.2) is 205 Å². The molecule has 0 amide bonds. The average molecular weight is 742 g/mol. The van der Waals surface area contributed by atoms with Crippen LogP contribution < -0.4 is 4.90 Å². The molecule has 1 unspecified atom stereocenters. The van der Waals surface area contributed by atoms with Gasteiger partial charge in [-0.1, -0.05) is 170 Å². The lowest BCUT2D eigenvalue weighted by Gasteiger charge is -2.32. The highest BCUT2D eigenvalue weighted by Crippen LogP contribution is 2.66. The zero-order valence-electron chi connectivity index (χ0n) is 32.2. The molecular weight excluding hydrogens is 703 g/mol. The van der Waals surface area contributed by atoms with E-state index in [9.17, 15) is 0 Å². The molecule has 9 aromatic rings. The summed E-state index contributed by atoms with van der Waals surface area (Å²) in [5.41, 5.74) is 19.6. The fraction of sp³-hybridized carbons (Fsp3) is 0.0357. The second-order valence-electron chi connectivity index (χ2n) is 15.1. The minimum Gasteiger partial charge on any atom is -0.456 e. The van der Waals surface area contributed by atoms with E-state index < -0.39 is 5.41 Å². The Morgan fingerprint density at radius 1 is 0.483 bits per heavy atom. The largest absolute Gasteiger partial charge is 0.456 e. The molecule has 8 aromatic carbocycles. The van der Waals surface area contributed by atoms with E-state index in [1.807, 2.05) is 6.08 Å². The number of hydrogen-bond donors (Lipinski definition) is 0. The molecule has 0 radical (unpaired) electrons. The Labute approximate surface area is 339 Å². The first-order valence-corrected chi connectivity index (χ1v) is 20.0. The Hall–Kier alpha value is -7.42. The zero-order chi connectivity index (χ0) is 38.8. The summed E-state index contributed by atoms with van der Waals surface area (Å²) in [7, 11) is 0. The van der Waals surface area contributed by atoms with Gasteiger partial charge in [-0.3, -0.25) is 0 Å². The van der Waals surface area contributed by atoms with E-state index in [0.29, 0.717) is 0 Å². The molecule has 0 saturated carbocycles. The van der Waals surface area contributed by atoms with Crippen molar-refractivity contribution < 1.29 is 4.42 Å². The standard InChI is InChI=1S/C56H39NO/c1-3-16-45-51(4-2)58-52-36-35-49-54(55(45)52)44-22-12-14-24-47(44)56(49)46-23-13-11-21-43(46)53-48(56)25-15-26-50(53)57(41-31-27-39(28-32-41)37-17-7-5-8-18-37)42-33-29-40(30-34-42)38-19-9-6-10-20-38/h3-36H,2H2,1H3/b16-3-. The number of rotatable bonds is 7. The van der Waals surface area contributed by atoms with Crippen LogP contribution in [0.3, 0.4) is 0 Å². The van der Waals surface area contributed by atoms with Gasteiger partial charge in [0.15, 0.2) is 0 Å². The van der Waals surface area contributed by atoms with E-state index in [1.54, 1.807) is 0 Å². The first kappa shape index (κ1) is 33.9. The molecule has 2 nitrogen and oxygen atoms in total. The molecule has 2 aliphatic carbocycles. The van der Waals surface area contributed by atoms with Crippen LogP contribution in [-0.2, 0) is 5.41 Å². The van der Waals surface area contributed by atoms with Gasteiger partial charge in [0.05, 0.1) is 11.1 Å². The van der Waals surface area contributed by atoms with Gasteiger partial charge < -0.3 is 9.32 Å². The number of hydrogen-bond acceptors (Lipinski definition) is 2. The minimum atomic E-state index is -0.541. The van der Waals surface area contributed by atoms with Gasteiger partial charge in [-0.15, -0.1) is 0 Å². The molecule has 0 aliphatic heterocycles. The van der Waals surface area contributed by atoms with Crippen molar-refractivity contribution in [2.75, 3.05) is 4.90 Å². The maximum atomic E-state index is 6.48. The summed E-state index contributed by atoms with van der Waals surface area (Å²) >= 11 is 0. The van der Waals surface area contributed by atoms with Gasteiger partial charge in [-0.25, -0.2) is 0 Å².